The third-order valence-corrected chi connectivity index (χ3v) is 4.11. The molecule has 0 bridgehead atoms. The summed E-state index contributed by atoms with van der Waals surface area (Å²) in [6.45, 7) is 3.32. The van der Waals surface area contributed by atoms with Gasteiger partial charge in [0.1, 0.15) is 6.20 Å². The van der Waals surface area contributed by atoms with Crippen molar-refractivity contribution < 1.29 is 4.92 Å². The van der Waals surface area contributed by atoms with Gasteiger partial charge >= 0.3 is 5.69 Å². The molecule has 2 heterocycles. The van der Waals surface area contributed by atoms with E-state index in [1.54, 1.807) is 0 Å². The first-order valence-corrected chi connectivity index (χ1v) is 7.43. The first-order valence-electron chi connectivity index (χ1n) is 6.27. The lowest BCUT2D eigenvalue weighted by Crippen LogP contribution is -2.16. The molecule has 1 fully saturated rings. The van der Waals surface area contributed by atoms with Gasteiger partial charge in [-0.15, -0.1) is 0 Å². The van der Waals surface area contributed by atoms with E-state index in [0.717, 1.165) is 18.7 Å². The Kier molecular flexibility index (Phi) is 4.78. The Bertz CT molecular complexity index is 451. The van der Waals surface area contributed by atoms with Gasteiger partial charge in [0.25, 0.3) is 0 Å². The van der Waals surface area contributed by atoms with E-state index in [9.17, 15) is 10.1 Å². The minimum absolute atomic E-state index is 0.0766. The SMILES string of the molecule is CCNc1ncc([N+](=O)[O-])c(NCC2CCSC2)n1. The lowest BCUT2D eigenvalue weighted by Gasteiger charge is -2.11. The average Bonchev–Trinajstić information content (AvgIpc) is 2.89. The molecule has 1 saturated heterocycles. The molecule has 1 unspecified atom stereocenters. The number of nitro groups is 1. The zero-order chi connectivity index (χ0) is 13.7. The summed E-state index contributed by atoms with van der Waals surface area (Å²) >= 11 is 1.92. The smallest absolute Gasteiger partial charge is 0.329 e. The molecule has 7 nitrogen and oxygen atoms in total. The third kappa shape index (κ3) is 3.69. The van der Waals surface area contributed by atoms with E-state index in [0.29, 0.717) is 24.2 Å². The number of hydrogen-bond donors (Lipinski definition) is 2. The van der Waals surface area contributed by atoms with Crippen molar-refractivity contribution in [2.45, 2.75) is 13.3 Å². The fraction of sp³-hybridized carbons (Fsp3) is 0.636. The van der Waals surface area contributed by atoms with Crippen molar-refractivity contribution in [3.8, 4) is 0 Å². The van der Waals surface area contributed by atoms with E-state index in [2.05, 4.69) is 20.6 Å². The van der Waals surface area contributed by atoms with Crippen LogP contribution in [0.3, 0.4) is 0 Å². The normalized spacial score (nSPS) is 18.3. The minimum atomic E-state index is -0.457. The van der Waals surface area contributed by atoms with Gasteiger partial charge in [0, 0.05) is 13.1 Å². The Morgan fingerprint density at radius 3 is 3.05 bits per heavy atom. The molecule has 0 radical (unpaired) electrons. The maximum atomic E-state index is 10.9. The number of hydrogen-bond acceptors (Lipinski definition) is 7. The molecule has 1 aliphatic rings. The molecule has 2 rings (SSSR count). The lowest BCUT2D eigenvalue weighted by molar-refractivity contribution is -0.384. The summed E-state index contributed by atoms with van der Waals surface area (Å²) in [5, 5.41) is 17.0. The van der Waals surface area contributed by atoms with Crippen molar-refractivity contribution in [1.29, 1.82) is 0 Å². The molecule has 2 N–H and O–H groups in total. The molecule has 1 atom stereocenters. The van der Waals surface area contributed by atoms with Crippen LogP contribution in [0.25, 0.3) is 0 Å². The van der Waals surface area contributed by atoms with Gasteiger partial charge in [-0.3, -0.25) is 10.1 Å². The molecule has 1 aromatic rings. The van der Waals surface area contributed by atoms with Gasteiger partial charge < -0.3 is 10.6 Å². The van der Waals surface area contributed by atoms with Crippen LogP contribution in [0.4, 0.5) is 17.5 Å². The molecule has 0 spiro atoms. The molecular formula is C11H17N5O2S. The topological polar surface area (TPSA) is 93.0 Å². The molecule has 0 aromatic carbocycles. The average molecular weight is 283 g/mol. The number of anilines is 2. The summed E-state index contributed by atoms with van der Waals surface area (Å²) in [6.07, 6.45) is 2.40. The van der Waals surface area contributed by atoms with Gasteiger partial charge in [-0.05, 0) is 30.8 Å². The van der Waals surface area contributed by atoms with E-state index < -0.39 is 4.92 Å². The number of thioether (sulfide) groups is 1. The second-order valence-electron chi connectivity index (χ2n) is 4.33. The summed E-state index contributed by atoms with van der Waals surface area (Å²) < 4.78 is 0. The van der Waals surface area contributed by atoms with Crippen molar-refractivity contribution in [2.24, 2.45) is 5.92 Å². The number of aromatic nitrogens is 2. The minimum Gasteiger partial charge on any atom is -0.364 e. The maximum absolute atomic E-state index is 10.9. The van der Waals surface area contributed by atoms with Crippen LogP contribution in [0.15, 0.2) is 6.20 Å². The van der Waals surface area contributed by atoms with Gasteiger partial charge in [-0.25, -0.2) is 4.98 Å². The largest absolute Gasteiger partial charge is 0.364 e. The van der Waals surface area contributed by atoms with E-state index in [1.165, 1.54) is 11.9 Å². The van der Waals surface area contributed by atoms with Crippen LogP contribution in [0.1, 0.15) is 13.3 Å². The molecule has 0 amide bonds. The second kappa shape index (κ2) is 6.55. The second-order valence-corrected chi connectivity index (χ2v) is 5.48. The van der Waals surface area contributed by atoms with Crippen molar-refractivity contribution in [2.75, 3.05) is 35.2 Å². The Balaban J connectivity index is 2.09. The fourth-order valence-corrected chi connectivity index (χ4v) is 3.15. The van der Waals surface area contributed by atoms with Gasteiger partial charge in [-0.1, -0.05) is 0 Å². The standard InChI is InChI=1S/C11H17N5O2S/c1-2-12-11-14-6-9(16(17)18)10(15-11)13-5-8-3-4-19-7-8/h6,8H,2-5,7H2,1H3,(H2,12,13,14,15). The first kappa shape index (κ1) is 13.9. The highest BCUT2D eigenvalue weighted by Gasteiger charge is 2.20. The summed E-state index contributed by atoms with van der Waals surface area (Å²) in [7, 11) is 0. The third-order valence-electron chi connectivity index (χ3n) is 2.88. The summed E-state index contributed by atoms with van der Waals surface area (Å²) in [6, 6.07) is 0. The Hall–Kier alpha value is -1.57. The Labute approximate surface area is 115 Å². The van der Waals surface area contributed by atoms with Gasteiger partial charge in [0.05, 0.1) is 4.92 Å². The van der Waals surface area contributed by atoms with Gasteiger partial charge in [-0.2, -0.15) is 16.7 Å². The Morgan fingerprint density at radius 2 is 2.42 bits per heavy atom. The quantitative estimate of drug-likeness (QED) is 0.609. The molecule has 0 aliphatic carbocycles. The van der Waals surface area contributed by atoms with Crippen molar-refractivity contribution in [3.05, 3.63) is 16.3 Å². The van der Waals surface area contributed by atoms with E-state index in [1.807, 2.05) is 18.7 Å². The first-order chi connectivity index (χ1) is 9.20. The molecule has 1 aliphatic heterocycles. The van der Waals surface area contributed by atoms with Crippen molar-refractivity contribution in [1.82, 2.24) is 9.97 Å². The van der Waals surface area contributed by atoms with Crippen LogP contribution in [-0.2, 0) is 0 Å². The van der Waals surface area contributed by atoms with E-state index >= 15 is 0 Å². The maximum Gasteiger partial charge on any atom is 0.329 e. The van der Waals surface area contributed by atoms with Crippen molar-refractivity contribution >= 4 is 29.2 Å². The summed E-state index contributed by atoms with van der Waals surface area (Å²) in [5.74, 6) is 3.54. The predicted octanol–water partition coefficient (Wildman–Crippen LogP) is 1.98. The zero-order valence-corrected chi connectivity index (χ0v) is 11.6. The summed E-state index contributed by atoms with van der Waals surface area (Å²) in [5.41, 5.74) is -0.0766. The van der Waals surface area contributed by atoms with Crippen LogP contribution in [0, 0.1) is 16.0 Å². The van der Waals surface area contributed by atoms with E-state index in [4.69, 9.17) is 0 Å². The molecule has 104 valence electrons. The van der Waals surface area contributed by atoms with Crippen LogP contribution in [-0.4, -0.2) is 39.5 Å². The number of nitrogens with one attached hydrogen (secondary N) is 2. The number of rotatable bonds is 6. The van der Waals surface area contributed by atoms with Gasteiger partial charge in [0.2, 0.25) is 11.8 Å². The predicted molar refractivity (Wildman–Crippen MR) is 76.8 cm³/mol. The molecule has 1 aromatic heterocycles. The fourth-order valence-electron chi connectivity index (χ4n) is 1.87. The lowest BCUT2D eigenvalue weighted by atomic mass is 10.1. The number of nitrogens with zero attached hydrogens (tertiary/aromatic N) is 3. The van der Waals surface area contributed by atoms with Crippen molar-refractivity contribution in [3.63, 3.8) is 0 Å². The Morgan fingerprint density at radius 1 is 1.58 bits per heavy atom. The van der Waals surface area contributed by atoms with Crippen LogP contribution in [0.2, 0.25) is 0 Å². The monoisotopic (exact) mass is 283 g/mol. The highest BCUT2D eigenvalue weighted by molar-refractivity contribution is 7.99. The van der Waals surface area contributed by atoms with Crippen LogP contribution >= 0.6 is 11.8 Å². The van der Waals surface area contributed by atoms with Crippen LogP contribution in [0.5, 0.6) is 0 Å². The molecule has 19 heavy (non-hydrogen) atoms. The highest BCUT2D eigenvalue weighted by Crippen LogP contribution is 2.26. The van der Waals surface area contributed by atoms with Crippen LogP contribution < -0.4 is 10.6 Å². The molecule has 0 saturated carbocycles. The highest BCUT2D eigenvalue weighted by atomic mass is 32.2. The molecule has 8 heteroatoms. The summed E-state index contributed by atoms with van der Waals surface area (Å²) in [4.78, 5) is 18.6. The van der Waals surface area contributed by atoms with E-state index in [-0.39, 0.29) is 5.69 Å². The molecular weight excluding hydrogens is 266 g/mol. The zero-order valence-electron chi connectivity index (χ0n) is 10.8. The van der Waals surface area contributed by atoms with Gasteiger partial charge in [0.15, 0.2) is 0 Å².